The number of hydrogen-bond acceptors (Lipinski definition) is 5. The molecule has 5 rings (SSSR count). The van der Waals surface area contributed by atoms with Crippen molar-refractivity contribution in [3.05, 3.63) is 88.0 Å². The van der Waals surface area contributed by atoms with Crippen LogP contribution in [0.5, 0.6) is 0 Å². The molecule has 0 radical (unpaired) electrons. The summed E-state index contributed by atoms with van der Waals surface area (Å²) in [7, 11) is 0. The van der Waals surface area contributed by atoms with Crippen molar-refractivity contribution in [2.75, 3.05) is 23.8 Å². The molecule has 0 aliphatic carbocycles. The summed E-state index contributed by atoms with van der Waals surface area (Å²) in [5, 5.41) is 17.1. The Morgan fingerprint density at radius 3 is 2.32 bits per heavy atom. The monoisotopic (exact) mass is 604 g/mol. The molecule has 11 heteroatoms. The van der Waals surface area contributed by atoms with Crippen LogP contribution in [0.15, 0.2) is 43.0 Å². The number of aryl methyl sites for hydroxylation is 2. The fourth-order valence-electron chi connectivity index (χ4n) is 4.74. The molecule has 2 aliphatic heterocycles. The van der Waals surface area contributed by atoms with Crippen LogP contribution < -0.4 is 16.0 Å². The van der Waals surface area contributed by atoms with Gasteiger partial charge in [0.05, 0.1) is 17.7 Å². The Morgan fingerprint density at radius 2 is 1.66 bits per heavy atom. The Bertz CT molecular complexity index is 1660. The van der Waals surface area contributed by atoms with Gasteiger partial charge in [-0.1, -0.05) is 32.1 Å². The van der Waals surface area contributed by atoms with E-state index in [1.165, 1.54) is 18.2 Å². The van der Waals surface area contributed by atoms with Gasteiger partial charge in [0.2, 0.25) is 0 Å². The summed E-state index contributed by atoms with van der Waals surface area (Å²) in [6.07, 6.45) is 0.425. The number of aliphatic carboxylic acids is 1. The van der Waals surface area contributed by atoms with Crippen molar-refractivity contribution in [3.63, 3.8) is 0 Å². The summed E-state index contributed by atoms with van der Waals surface area (Å²) in [5.41, 5.74) is 6.76. The number of anilines is 2. The number of hydrogen-bond donors (Lipinski definition) is 5. The molecule has 0 spiro atoms. The second-order valence-corrected chi connectivity index (χ2v) is 9.84. The molecule has 44 heavy (non-hydrogen) atoms. The maximum absolute atomic E-state index is 13.6. The van der Waals surface area contributed by atoms with E-state index in [0.717, 1.165) is 16.8 Å². The maximum atomic E-state index is 13.6. The number of carbonyl (C=O) groups is 4. The lowest BCUT2D eigenvalue weighted by atomic mass is 10.0. The van der Waals surface area contributed by atoms with Crippen molar-refractivity contribution < 1.29 is 33.4 Å². The second kappa shape index (κ2) is 14.4. The van der Waals surface area contributed by atoms with Gasteiger partial charge in [0, 0.05) is 46.1 Å². The molecule has 0 saturated carbocycles. The smallest absolute Gasteiger partial charge is 0.334 e. The number of aromatic nitrogens is 1. The van der Waals surface area contributed by atoms with E-state index >= 15 is 0 Å². The normalized spacial score (nSPS) is 14.3. The van der Waals surface area contributed by atoms with Crippen LogP contribution in [0.25, 0.3) is 17.2 Å². The van der Waals surface area contributed by atoms with Crippen LogP contribution in [0.1, 0.15) is 64.8 Å². The highest BCUT2D eigenvalue weighted by Crippen LogP contribution is 2.34. The number of aromatic amines is 1. The van der Waals surface area contributed by atoms with Gasteiger partial charge in [-0.25, -0.2) is 9.18 Å². The van der Waals surface area contributed by atoms with E-state index in [4.69, 9.17) is 9.84 Å². The predicted molar refractivity (Wildman–Crippen MR) is 169 cm³/mol. The number of fused-ring (bicyclic) bond motifs is 2. The molecule has 2 aliphatic rings. The van der Waals surface area contributed by atoms with Crippen LogP contribution >= 0.6 is 0 Å². The molecular formula is C33H37FN4O6. The lowest BCUT2D eigenvalue weighted by Crippen LogP contribution is -2.38. The lowest BCUT2D eigenvalue weighted by molar-refractivity contribution is -0.149. The average molecular weight is 605 g/mol. The molecule has 0 saturated heterocycles. The number of carbonyl (C=O) groups excluding carboxylic acids is 3. The van der Waals surface area contributed by atoms with E-state index in [1.807, 2.05) is 39.0 Å². The van der Waals surface area contributed by atoms with E-state index in [0.29, 0.717) is 39.3 Å². The predicted octanol–water partition coefficient (Wildman–Crippen LogP) is 5.47. The van der Waals surface area contributed by atoms with E-state index in [9.17, 15) is 23.6 Å². The number of amides is 3. The van der Waals surface area contributed by atoms with Crippen molar-refractivity contribution in [1.29, 1.82) is 0 Å². The van der Waals surface area contributed by atoms with Gasteiger partial charge in [-0.3, -0.25) is 14.4 Å². The van der Waals surface area contributed by atoms with Gasteiger partial charge in [-0.2, -0.15) is 0 Å². The zero-order chi connectivity index (χ0) is 32.7. The van der Waals surface area contributed by atoms with Crippen LogP contribution in [0.2, 0.25) is 0 Å². The Labute approximate surface area is 255 Å². The highest BCUT2D eigenvalue weighted by Gasteiger charge is 2.27. The van der Waals surface area contributed by atoms with Crippen LogP contribution in [-0.4, -0.2) is 53.0 Å². The molecule has 0 bridgehead atoms. The molecule has 1 unspecified atom stereocenters. The minimum atomic E-state index is -1.16. The summed E-state index contributed by atoms with van der Waals surface area (Å²) >= 11 is 0. The number of benzene rings is 2. The summed E-state index contributed by atoms with van der Waals surface area (Å²) in [4.78, 5) is 50.3. The van der Waals surface area contributed by atoms with Gasteiger partial charge in [0.15, 0.2) is 6.10 Å². The number of carboxylic acid groups (broad SMARTS) is 1. The number of ether oxygens (including phenoxy) is 1. The lowest BCUT2D eigenvalue weighted by Gasteiger charge is -2.13. The fourth-order valence-corrected chi connectivity index (χ4v) is 4.74. The highest BCUT2D eigenvalue weighted by molar-refractivity contribution is 6.35. The van der Waals surface area contributed by atoms with Gasteiger partial charge < -0.3 is 30.8 Å². The molecule has 1 aromatic heterocycles. The van der Waals surface area contributed by atoms with Crippen LogP contribution in [0.4, 0.5) is 15.8 Å². The molecule has 10 nitrogen and oxygen atoms in total. The maximum Gasteiger partial charge on any atom is 0.334 e. The third-order valence-electron chi connectivity index (χ3n) is 6.87. The number of nitrogens with one attached hydrogen (secondary N) is 4. The van der Waals surface area contributed by atoms with Gasteiger partial charge >= 0.3 is 5.97 Å². The molecule has 2 aromatic carbocycles. The number of H-pyrrole nitrogens is 1. The molecule has 1 atom stereocenters. The largest absolute Gasteiger partial charge is 0.479 e. The van der Waals surface area contributed by atoms with Crippen molar-refractivity contribution in [2.45, 2.75) is 47.6 Å². The van der Waals surface area contributed by atoms with Crippen molar-refractivity contribution in [1.82, 2.24) is 10.3 Å². The zero-order valence-electron chi connectivity index (χ0n) is 25.6. The zero-order valence-corrected chi connectivity index (χ0v) is 25.6. The van der Waals surface area contributed by atoms with E-state index in [-0.39, 0.29) is 30.5 Å². The third-order valence-corrected chi connectivity index (χ3v) is 6.87. The van der Waals surface area contributed by atoms with Gasteiger partial charge in [0.1, 0.15) is 5.82 Å². The fraction of sp³-hybridized carbons (Fsp3) is 0.273. The van der Waals surface area contributed by atoms with Crippen LogP contribution in [0, 0.1) is 26.6 Å². The molecular weight excluding hydrogens is 567 g/mol. The standard InChI is InChI=1S/C21H22FN3O5.C10H9NO.C2H6/c1-4-30-17(21(28)29)9-23-20(27)18-10(2)16(24-11(18)3)8-14-13-7-12(22)5-6-15(13)25-19(14)26;1-6-3-4-9-8(5-6)7(2)10(12)11-9;1-2/h5-8,17,24H,4,9H2,1-3H3,(H,23,27)(H,25,26)(H,28,29);3-5H,2H2,1H3,(H,11,12);1-2H3/b14-8-;;. The topological polar surface area (TPSA) is 150 Å². The molecule has 3 heterocycles. The Morgan fingerprint density at radius 1 is 1.02 bits per heavy atom. The first-order valence-corrected chi connectivity index (χ1v) is 14.2. The molecule has 3 aromatic rings. The van der Waals surface area contributed by atoms with Crippen molar-refractivity contribution in [2.24, 2.45) is 0 Å². The SMILES string of the molecule is C=C1C(=O)Nc2ccc(C)cc21.CC.CCOC(CNC(=O)c1c(C)[nH]c(/C=C2\C(=O)Nc3ccc(F)cc32)c1C)C(=O)O. The summed E-state index contributed by atoms with van der Waals surface area (Å²) < 4.78 is 18.7. The summed E-state index contributed by atoms with van der Waals surface area (Å²) in [5.74, 6) is -2.54. The quantitative estimate of drug-likeness (QED) is 0.226. The van der Waals surface area contributed by atoms with E-state index < -0.39 is 23.8 Å². The minimum Gasteiger partial charge on any atom is -0.479 e. The number of halogens is 1. The minimum absolute atomic E-state index is 0.0874. The van der Waals surface area contributed by atoms with Gasteiger partial charge in [-0.15, -0.1) is 0 Å². The molecule has 232 valence electrons. The number of carboxylic acids is 1. The Kier molecular flexibility index (Phi) is 11.0. The van der Waals surface area contributed by atoms with Crippen LogP contribution in [0.3, 0.4) is 0 Å². The van der Waals surface area contributed by atoms with Gasteiger partial charge in [-0.05, 0) is 69.7 Å². The Hall–Kier alpha value is -5.03. The first kappa shape index (κ1) is 33.5. The molecule has 0 fully saturated rings. The summed E-state index contributed by atoms with van der Waals surface area (Å²) in [6, 6.07) is 9.87. The Balaban J connectivity index is 0.000000312. The first-order chi connectivity index (χ1) is 20.9. The summed E-state index contributed by atoms with van der Waals surface area (Å²) in [6.45, 7) is 14.8. The molecule has 3 amide bonds. The molecule has 5 N–H and O–H groups in total. The third kappa shape index (κ3) is 7.30. The van der Waals surface area contributed by atoms with Crippen LogP contribution in [-0.2, 0) is 19.1 Å². The van der Waals surface area contributed by atoms with Crippen molar-refractivity contribution >= 4 is 52.3 Å². The second-order valence-electron chi connectivity index (χ2n) is 9.84. The van der Waals surface area contributed by atoms with E-state index in [1.54, 1.807) is 26.8 Å². The first-order valence-electron chi connectivity index (χ1n) is 14.2. The van der Waals surface area contributed by atoms with Crippen molar-refractivity contribution in [3.8, 4) is 0 Å². The van der Waals surface area contributed by atoms with Gasteiger partial charge in [0.25, 0.3) is 17.7 Å². The highest BCUT2D eigenvalue weighted by atomic mass is 19.1. The number of rotatable bonds is 7. The average Bonchev–Trinajstić information content (AvgIpc) is 3.56. The van der Waals surface area contributed by atoms with E-state index in [2.05, 4.69) is 27.5 Å².